The van der Waals surface area contributed by atoms with Gasteiger partial charge in [0.15, 0.2) is 0 Å². The second-order valence-corrected chi connectivity index (χ2v) is 7.55. The molecular weight excluding hydrogens is 292 g/mol. The molecule has 2 saturated carbocycles. The first kappa shape index (κ1) is 14.6. The lowest BCUT2D eigenvalue weighted by molar-refractivity contribution is 0.0471. The molecule has 3 rings (SSSR count). The van der Waals surface area contributed by atoms with Gasteiger partial charge in [-0.15, -0.1) is 0 Å². The third-order valence-corrected chi connectivity index (χ3v) is 5.11. The quantitative estimate of drug-likeness (QED) is 0.839. The van der Waals surface area contributed by atoms with E-state index >= 15 is 0 Å². The summed E-state index contributed by atoms with van der Waals surface area (Å²) >= 11 is 0. The topological polar surface area (TPSA) is 91.4 Å². The van der Waals surface area contributed by atoms with Gasteiger partial charge in [0.25, 0.3) is 0 Å². The molecule has 1 aromatic rings. The molecule has 116 valence electrons. The predicted octanol–water partition coefficient (Wildman–Crippen LogP) is 1.82. The van der Waals surface area contributed by atoms with Crippen LogP contribution < -0.4 is 5.14 Å². The maximum atomic E-state index is 12.2. The van der Waals surface area contributed by atoms with Crippen molar-refractivity contribution in [1.29, 1.82) is 0 Å². The highest BCUT2D eigenvalue weighted by Crippen LogP contribution is 2.33. The number of nitrogens with two attached hydrogens (primary N) is 1. The van der Waals surface area contributed by atoms with E-state index in [-0.39, 0.29) is 10.9 Å². The van der Waals surface area contributed by atoms with Gasteiger partial charge in [0.1, 0.15) is 10.6 Å². The minimum Gasteiger partial charge on any atom is -0.461 e. The van der Waals surface area contributed by atoms with E-state index in [0.29, 0.717) is 18.2 Å². The van der Waals surface area contributed by atoms with Gasteiger partial charge in [-0.3, -0.25) is 0 Å². The SMILES string of the molecule is NS(=O)(=O)c1cc(C(=O)OCC2CC2)n(C2CCCC2)c1. The maximum absolute atomic E-state index is 12.2. The molecule has 0 radical (unpaired) electrons. The van der Waals surface area contributed by atoms with Crippen LogP contribution in [0.2, 0.25) is 0 Å². The van der Waals surface area contributed by atoms with E-state index in [0.717, 1.165) is 38.5 Å². The summed E-state index contributed by atoms with van der Waals surface area (Å²) < 4.78 is 30.1. The number of primary sulfonamides is 1. The van der Waals surface area contributed by atoms with Crippen LogP contribution in [0.1, 0.15) is 55.1 Å². The molecule has 0 spiro atoms. The van der Waals surface area contributed by atoms with E-state index in [1.807, 2.05) is 0 Å². The van der Waals surface area contributed by atoms with Crippen LogP contribution in [0.5, 0.6) is 0 Å². The number of carbonyl (C=O) groups excluding carboxylic acids is 1. The number of nitrogens with zero attached hydrogens (tertiary/aromatic N) is 1. The zero-order valence-electron chi connectivity index (χ0n) is 11.8. The van der Waals surface area contributed by atoms with Gasteiger partial charge >= 0.3 is 5.97 Å². The smallest absolute Gasteiger partial charge is 0.355 e. The highest BCUT2D eigenvalue weighted by atomic mass is 32.2. The summed E-state index contributed by atoms with van der Waals surface area (Å²) in [5.41, 5.74) is 0.298. The van der Waals surface area contributed by atoms with Crippen LogP contribution in [0, 0.1) is 5.92 Å². The van der Waals surface area contributed by atoms with Gasteiger partial charge in [0, 0.05) is 12.2 Å². The Bertz CT molecular complexity index is 640. The van der Waals surface area contributed by atoms with E-state index in [4.69, 9.17) is 9.88 Å². The summed E-state index contributed by atoms with van der Waals surface area (Å²) in [6.07, 6.45) is 7.73. The molecule has 0 amide bonds. The van der Waals surface area contributed by atoms with Crippen LogP contribution in [0.25, 0.3) is 0 Å². The summed E-state index contributed by atoms with van der Waals surface area (Å²) in [6, 6.07) is 1.49. The molecule has 2 N–H and O–H groups in total. The standard InChI is InChI=1S/C14H20N2O4S/c15-21(18,19)12-7-13(14(17)20-9-10-5-6-10)16(8-12)11-3-1-2-4-11/h7-8,10-11H,1-6,9H2,(H2,15,18,19). The van der Waals surface area contributed by atoms with Crippen molar-refractivity contribution in [2.45, 2.75) is 49.5 Å². The van der Waals surface area contributed by atoms with Gasteiger partial charge in [0.05, 0.1) is 6.61 Å². The average molecular weight is 312 g/mol. The van der Waals surface area contributed by atoms with Gasteiger partial charge < -0.3 is 9.30 Å². The molecule has 1 aromatic heterocycles. The van der Waals surface area contributed by atoms with Gasteiger partial charge in [-0.1, -0.05) is 12.8 Å². The van der Waals surface area contributed by atoms with Crippen molar-refractivity contribution in [2.24, 2.45) is 11.1 Å². The second-order valence-electron chi connectivity index (χ2n) is 5.99. The van der Waals surface area contributed by atoms with Crippen molar-refractivity contribution < 1.29 is 17.9 Å². The molecule has 21 heavy (non-hydrogen) atoms. The van der Waals surface area contributed by atoms with Gasteiger partial charge in [-0.25, -0.2) is 18.4 Å². The zero-order chi connectivity index (χ0) is 15.0. The first-order valence-electron chi connectivity index (χ1n) is 7.37. The van der Waals surface area contributed by atoms with Gasteiger partial charge in [-0.05, 0) is 37.7 Å². The molecule has 0 aromatic carbocycles. The molecule has 0 saturated heterocycles. The normalized spacial score (nSPS) is 19.9. The number of esters is 1. The molecule has 2 aliphatic carbocycles. The van der Waals surface area contributed by atoms with Crippen LogP contribution in [0.3, 0.4) is 0 Å². The van der Waals surface area contributed by atoms with E-state index in [9.17, 15) is 13.2 Å². The first-order valence-corrected chi connectivity index (χ1v) is 8.91. The summed E-state index contributed by atoms with van der Waals surface area (Å²) in [7, 11) is -3.82. The number of rotatable bonds is 5. The Kier molecular flexibility index (Phi) is 3.79. The molecular formula is C14H20N2O4S. The van der Waals surface area contributed by atoms with Gasteiger partial charge in [-0.2, -0.15) is 0 Å². The van der Waals surface area contributed by atoms with E-state index in [1.54, 1.807) is 4.57 Å². The molecule has 7 heteroatoms. The highest BCUT2D eigenvalue weighted by molar-refractivity contribution is 7.89. The Balaban J connectivity index is 1.87. The number of hydrogen-bond donors (Lipinski definition) is 1. The van der Waals surface area contributed by atoms with Gasteiger partial charge in [0.2, 0.25) is 10.0 Å². The van der Waals surface area contributed by atoms with Crippen LogP contribution in [-0.2, 0) is 14.8 Å². The Labute approximate surface area is 124 Å². The van der Waals surface area contributed by atoms with Crippen LogP contribution in [0.15, 0.2) is 17.2 Å². The third-order valence-electron chi connectivity index (χ3n) is 4.23. The molecule has 0 atom stereocenters. The molecule has 0 unspecified atom stereocenters. The van der Waals surface area contributed by atoms with E-state index < -0.39 is 16.0 Å². The minimum atomic E-state index is -3.82. The number of hydrogen-bond acceptors (Lipinski definition) is 4. The van der Waals surface area contributed by atoms with Crippen molar-refractivity contribution in [3.05, 3.63) is 18.0 Å². The summed E-state index contributed by atoms with van der Waals surface area (Å²) in [5.74, 6) is 0.0188. The van der Waals surface area contributed by atoms with Crippen molar-refractivity contribution in [3.8, 4) is 0 Å². The lowest BCUT2D eigenvalue weighted by Crippen LogP contribution is -2.15. The zero-order valence-corrected chi connectivity index (χ0v) is 12.6. The lowest BCUT2D eigenvalue weighted by atomic mass is 10.2. The number of ether oxygens (including phenoxy) is 1. The minimum absolute atomic E-state index is 0.0206. The fraction of sp³-hybridized carbons (Fsp3) is 0.643. The Hall–Kier alpha value is -1.34. The molecule has 2 aliphatic rings. The molecule has 2 fully saturated rings. The fourth-order valence-electron chi connectivity index (χ4n) is 2.81. The van der Waals surface area contributed by atoms with Crippen molar-refractivity contribution in [1.82, 2.24) is 4.57 Å². The lowest BCUT2D eigenvalue weighted by Gasteiger charge is -2.15. The summed E-state index contributed by atoms with van der Waals surface area (Å²) in [5, 5.41) is 5.18. The maximum Gasteiger partial charge on any atom is 0.355 e. The Morgan fingerprint density at radius 1 is 1.29 bits per heavy atom. The first-order chi connectivity index (χ1) is 9.95. The Morgan fingerprint density at radius 3 is 2.52 bits per heavy atom. The Morgan fingerprint density at radius 2 is 1.95 bits per heavy atom. The second kappa shape index (κ2) is 5.46. The van der Waals surface area contributed by atoms with Crippen molar-refractivity contribution in [2.75, 3.05) is 6.61 Å². The molecule has 1 heterocycles. The fourth-order valence-corrected chi connectivity index (χ4v) is 3.35. The third kappa shape index (κ3) is 3.29. The largest absolute Gasteiger partial charge is 0.461 e. The van der Waals surface area contributed by atoms with Crippen LogP contribution >= 0.6 is 0 Å². The van der Waals surface area contributed by atoms with E-state index in [1.165, 1.54) is 12.3 Å². The summed E-state index contributed by atoms with van der Waals surface area (Å²) in [4.78, 5) is 12.2. The van der Waals surface area contributed by atoms with Crippen molar-refractivity contribution >= 4 is 16.0 Å². The number of sulfonamides is 1. The van der Waals surface area contributed by atoms with Crippen LogP contribution in [-0.4, -0.2) is 25.6 Å². The summed E-state index contributed by atoms with van der Waals surface area (Å²) in [6.45, 7) is 0.416. The molecule has 6 nitrogen and oxygen atoms in total. The van der Waals surface area contributed by atoms with E-state index in [2.05, 4.69) is 0 Å². The average Bonchev–Trinajstić information content (AvgIpc) is 2.92. The van der Waals surface area contributed by atoms with Crippen molar-refractivity contribution in [3.63, 3.8) is 0 Å². The molecule has 0 bridgehead atoms. The monoisotopic (exact) mass is 312 g/mol. The predicted molar refractivity (Wildman–Crippen MR) is 76.3 cm³/mol. The highest BCUT2D eigenvalue weighted by Gasteiger charge is 2.28. The molecule has 0 aliphatic heterocycles. The van der Waals surface area contributed by atoms with Crippen LogP contribution in [0.4, 0.5) is 0 Å². The number of carbonyl (C=O) groups is 1. The number of aromatic nitrogens is 1.